The Hall–Kier alpha value is -2.20. The van der Waals surface area contributed by atoms with Gasteiger partial charge in [0.2, 0.25) is 0 Å². The number of benzene rings is 1. The Morgan fingerprint density at radius 2 is 1.90 bits per heavy atom. The Labute approximate surface area is 124 Å². The molecule has 0 radical (unpaired) electrons. The van der Waals surface area contributed by atoms with Crippen LogP contribution in [0, 0.1) is 0 Å². The maximum Gasteiger partial charge on any atom is 0.158 e. The first-order valence-corrected chi connectivity index (χ1v) is 7.30. The van der Waals surface area contributed by atoms with Crippen molar-refractivity contribution in [2.75, 3.05) is 0 Å². The van der Waals surface area contributed by atoms with Gasteiger partial charge < -0.3 is 5.32 Å². The molecular weight excluding hydrogens is 260 g/mol. The summed E-state index contributed by atoms with van der Waals surface area (Å²) in [4.78, 5) is 4.58. The molecule has 1 aromatic carbocycles. The Bertz CT molecular complexity index is 716. The van der Waals surface area contributed by atoms with Gasteiger partial charge in [-0.05, 0) is 17.2 Å². The van der Waals surface area contributed by atoms with Crippen molar-refractivity contribution in [3.8, 4) is 0 Å². The van der Waals surface area contributed by atoms with Gasteiger partial charge in [0.05, 0.1) is 12.7 Å². The van der Waals surface area contributed by atoms with E-state index in [-0.39, 0.29) is 0 Å². The number of hydrogen-bond donors (Lipinski definition) is 1. The third-order valence-corrected chi connectivity index (χ3v) is 3.42. The van der Waals surface area contributed by atoms with E-state index in [9.17, 15) is 0 Å². The largest absolute Gasteiger partial charge is 0.310 e. The summed E-state index contributed by atoms with van der Waals surface area (Å²) in [6.07, 6.45) is 3.82. The summed E-state index contributed by atoms with van der Waals surface area (Å²) in [6.45, 7) is 5.87. The quantitative estimate of drug-likeness (QED) is 0.781. The molecule has 0 unspecified atom stereocenters. The molecule has 3 rings (SSSR count). The van der Waals surface area contributed by atoms with Gasteiger partial charge in [-0.25, -0.2) is 9.67 Å². The van der Waals surface area contributed by atoms with Gasteiger partial charge in [-0.3, -0.25) is 0 Å². The molecule has 2 aromatic heterocycles. The minimum atomic E-state index is 0.474. The average molecular weight is 280 g/mol. The molecule has 3 aromatic rings. The lowest BCUT2D eigenvalue weighted by molar-refractivity contribution is 0.588. The minimum Gasteiger partial charge on any atom is -0.310 e. The zero-order valence-electron chi connectivity index (χ0n) is 12.5. The lowest BCUT2D eigenvalue weighted by Crippen LogP contribution is -2.21. The zero-order valence-corrected chi connectivity index (χ0v) is 12.5. The molecule has 0 atom stereocenters. The predicted molar refractivity (Wildman–Crippen MR) is 85.0 cm³/mol. The van der Waals surface area contributed by atoms with Gasteiger partial charge in [-0.15, -0.1) is 0 Å². The van der Waals surface area contributed by atoms with Gasteiger partial charge in [-0.1, -0.05) is 44.2 Å². The van der Waals surface area contributed by atoms with E-state index in [1.54, 1.807) is 0 Å². The highest BCUT2D eigenvalue weighted by Crippen LogP contribution is 2.14. The monoisotopic (exact) mass is 280 g/mol. The van der Waals surface area contributed by atoms with Gasteiger partial charge in [0, 0.05) is 24.2 Å². The van der Waals surface area contributed by atoms with Crippen LogP contribution in [0.25, 0.3) is 11.0 Å². The molecule has 0 saturated heterocycles. The van der Waals surface area contributed by atoms with Crippen LogP contribution in [0.5, 0.6) is 0 Å². The van der Waals surface area contributed by atoms with E-state index in [2.05, 4.69) is 47.4 Å². The molecule has 0 aliphatic heterocycles. The molecule has 0 bridgehead atoms. The van der Waals surface area contributed by atoms with Crippen molar-refractivity contribution < 1.29 is 0 Å². The predicted octanol–water partition coefficient (Wildman–Crippen LogP) is 2.98. The number of fused-ring (bicyclic) bond motifs is 1. The standard InChI is InChI=1S/C17H20N4/c1-13(2)18-9-15-8-16-11-20-21(17(16)19-10-15)12-14-6-4-3-5-7-14/h3-8,10-11,13,18H,9,12H2,1-2H3. The smallest absolute Gasteiger partial charge is 0.158 e. The molecule has 4 heteroatoms. The highest BCUT2D eigenvalue weighted by atomic mass is 15.3. The summed E-state index contributed by atoms with van der Waals surface area (Å²) in [5.41, 5.74) is 3.36. The van der Waals surface area contributed by atoms with Crippen molar-refractivity contribution >= 4 is 11.0 Å². The van der Waals surface area contributed by atoms with Crippen LogP contribution < -0.4 is 5.32 Å². The van der Waals surface area contributed by atoms with Crippen LogP contribution in [0.15, 0.2) is 48.8 Å². The number of rotatable bonds is 5. The second kappa shape index (κ2) is 6.06. The van der Waals surface area contributed by atoms with Gasteiger partial charge in [-0.2, -0.15) is 5.10 Å². The Morgan fingerprint density at radius 1 is 1.10 bits per heavy atom. The van der Waals surface area contributed by atoms with E-state index in [1.165, 1.54) is 11.1 Å². The highest BCUT2D eigenvalue weighted by Gasteiger charge is 2.06. The van der Waals surface area contributed by atoms with Crippen LogP contribution >= 0.6 is 0 Å². The summed E-state index contributed by atoms with van der Waals surface area (Å²) >= 11 is 0. The number of nitrogens with one attached hydrogen (secondary N) is 1. The molecule has 1 N–H and O–H groups in total. The SMILES string of the molecule is CC(C)NCc1cnc2c(cnn2Cc2ccccc2)c1. The fourth-order valence-corrected chi connectivity index (χ4v) is 2.31. The van der Waals surface area contributed by atoms with Gasteiger partial charge in [0.15, 0.2) is 5.65 Å². The molecular formula is C17H20N4. The molecule has 0 amide bonds. The Kier molecular flexibility index (Phi) is 3.97. The second-order valence-corrected chi connectivity index (χ2v) is 5.58. The molecule has 0 fully saturated rings. The summed E-state index contributed by atoms with van der Waals surface area (Å²) in [5.74, 6) is 0. The second-order valence-electron chi connectivity index (χ2n) is 5.58. The van der Waals surface area contributed by atoms with Gasteiger partial charge in [0.1, 0.15) is 0 Å². The normalized spacial score (nSPS) is 11.4. The third kappa shape index (κ3) is 3.28. The number of pyridine rings is 1. The van der Waals surface area contributed by atoms with Crippen LogP contribution in [0.3, 0.4) is 0 Å². The first-order valence-electron chi connectivity index (χ1n) is 7.30. The molecule has 0 aliphatic rings. The molecule has 0 spiro atoms. The molecule has 21 heavy (non-hydrogen) atoms. The summed E-state index contributed by atoms with van der Waals surface area (Å²) in [5, 5.41) is 8.96. The molecule has 4 nitrogen and oxygen atoms in total. The van der Waals surface area contributed by atoms with Crippen molar-refractivity contribution in [2.45, 2.75) is 33.0 Å². The van der Waals surface area contributed by atoms with Crippen LogP contribution in [-0.2, 0) is 13.1 Å². The molecule has 0 saturated carbocycles. The lowest BCUT2D eigenvalue weighted by Gasteiger charge is -2.08. The van der Waals surface area contributed by atoms with E-state index in [0.29, 0.717) is 6.04 Å². The highest BCUT2D eigenvalue weighted by molar-refractivity contribution is 5.75. The number of aromatic nitrogens is 3. The van der Waals surface area contributed by atoms with Crippen molar-refractivity contribution in [3.05, 3.63) is 59.9 Å². The lowest BCUT2D eigenvalue weighted by atomic mass is 10.2. The average Bonchev–Trinajstić information content (AvgIpc) is 2.89. The Balaban J connectivity index is 1.82. The third-order valence-electron chi connectivity index (χ3n) is 3.42. The summed E-state index contributed by atoms with van der Waals surface area (Å²) < 4.78 is 1.95. The van der Waals surface area contributed by atoms with Gasteiger partial charge >= 0.3 is 0 Å². The van der Waals surface area contributed by atoms with Crippen LogP contribution in [0.4, 0.5) is 0 Å². The Morgan fingerprint density at radius 3 is 2.67 bits per heavy atom. The number of nitrogens with zero attached hydrogens (tertiary/aromatic N) is 3. The first-order chi connectivity index (χ1) is 10.2. The molecule has 2 heterocycles. The van der Waals surface area contributed by atoms with E-state index in [0.717, 1.165) is 24.1 Å². The van der Waals surface area contributed by atoms with Crippen molar-refractivity contribution in [1.29, 1.82) is 0 Å². The first kappa shape index (κ1) is 13.8. The maximum absolute atomic E-state index is 4.58. The summed E-state index contributed by atoms with van der Waals surface area (Å²) in [6, 6.07) is 13.0. The molecule has 0 aliphatic carbocycles. The maximum atomic E-state index is 4.58. The molecule has 108 valence electrons. The van der Waals surface area contributed by atoms with Crippen molar-refractivity contribution in [3.63, 3.8) is 0 Å². The van der Waals surface area contributed by atoms with Gasteiger partial charge in [0.25, 0.3) is 0 Å². The topological polar surface area (TPSA) is 42.7 Å². The van der Waals surface area contributed by atoms with Crippen molar-refractivity contribution in [2.24, 2.45) is 0 Å². The fraction of sp³-hybridized carbons (Fsp3) is 0.294. The van der Waals surface area contributed by atoms with Crippen LogP contribution in [0.1, 0.15) is 25.0 Å². The summed E-state index contributed by atoms with van der Waals surface area (Å²) in [7, 11) is 0. The number of hydrogen-bond acceptors (Lipinski definition) is 3. The van der Waals surface area contributed by atoms with Crippen LogP contribution in [-0.4, -0.2) is 20.8 Å². The van der Waals surface area contributed by atoms with E-state index < -0.39 is 0 Å². The van der Waals surface area contributed by atoms with E-state index >= 15 is 0 Å². The van der Waals surface area contributed by atoms with E-state index in [1.807, 2.05) is 35.3 Å². The van der Waals surface area contributed by atoms with E-state index in [4.69, 9.17) is 0 Å². The minimum absolute atomic E-state index is 0.474. The van der Waals surface area contributed by atoms with Crippen molar-refractivity contribution in [1.82, 2.24) is 20.1 Å². The zero-order chi connectivity index (χ0) is 14.7. The van der Waals surface area contributed by atoms with Crippen LogP contribution in [0.2, 0.25) is 0 Å². The fourth-order valence-electron chi connectivity index (χ4n) is 2.31.